The molecule has 0 spiro atoms. The second-order valence-electron chi connectivity index (χ2n) is 4.11. The molecule has 2 rings (SSSR count). The lowest BCUT2D eigenvalue weighted by atomic mass is 9.91. The summed E-state index contributed by atoms with van der Waals surface area (Å²) in [6.45, 7) is 3.19. The molecular weight excluding hydrogens is 190 g/mol. The van der Waals surface area contributed by atoms with E-state index in [-0.39, 0.29) is 6.42 Å². The summed E-state index contributed by atoms with van der Waals surface area (Å²) in [5.74, 6) is -0.249. The average molecular weight is 205 g/mol. The molecule has 1 atom stereocenters. The molecule has 0 aromatic heterocycles. The third-order valence-electron chi connectivity index (χ3n) is 2.90. The van der Waals surface area contributed by atoms with Crippen molar-refractivity contribution < 1.29 is 9.90 Å². The van der Waals surface area contributed by atoms with Gasteiger partial charge in [-0.05, 0) is 29.5 Å². The molecule has 1 unspecified atom stereocenters. The third-order valence-corrected chi connectivity index (χ3v) is 2.90. The number of carboxylic acid groups (broad SMARTS) is 1. The smallest absolute Gasteiger partial charge is 0.307 e. The van der Waals surface area contributed by atoms with Crippen molar-refractivity contribution in [1.82, 2.24) is 0 Å². The lowest BCUT2D eigenvalue weighted by Crippen LogP contribution is -2.15. The molecule has 80 valence electrons. The molecule has 1 aliphatic rings. The molecular formula is C12H15NO2. The number of nitrogens with one attached hydrogen (secondary N) is 1. The Kier molecular flexibility index (Phi) is 2.62. The lowest BCUT2D eigenvalue weighted by Gasteiger charge is -2.24. The van der Waals surface area contributed by atoms with Crippen LogP contribution in [0.25, 0.3) is 0 Å². The number of rotatable bonds is 2. The van der Waals surface area contributed by atoms with Gasteiger partial charge in [-0.3, -0.25) is 4.79 Å². The van der Waals surface area contributed by atoms with Crippen molar-refractivity contribution in [3.8, 4) is 0 Å². The van der Waals surface area contributed by atoms with Gasteiger partial charge in [0.15, 0.2) is 0 Å². The molecule has 0 radical (unpaired) electrons. The first-order valence-corrected chi connectivity index (χ1v) is 5.25. The summed E-state index contributed by atoms with van der Waals surface area (Å²) in [4.78, 5) is 10.6. The van der Waals surface area contributed by atoms with E-state index in [1.807, 2.05) is 18.2 Å². The predicted octanol–water partition coefficient (Wildman–Crippen LogP) is 2.23. The fourth-order valence-corrected chi connectivity index (χ4v) is 2.04. The minimum absolute atomic E-state index is 0.111. The SMILES string of the molecule is CC1CCNc2ccc(CC(=O)O)cc21. The van der Waals surface area contributed by atoms with Gasteiger partial charge in [0.1, 0.15) is 0 Å². The van der Waals surface area contributed by atoms with E-state index in [1.54, 1.807) is 0 Å². The maximum absolute atomic E-state index is 10.6. The molecule has 0 aliphatic carbocycles. The van der Waals surface area contributed by atoms with E-state index in [1.165, 1.54) is 5.56 Å². The molecule has 1 aromatic carbocycles. The molecule has 0 amide bonds. The molecule has 1 heterocycles. The Labute approximate surface area is 89.1 Å². The van der Waals surface area contributed by atoms with Crippen LogP contribution in [0.5, 0.6) is 0 Å². The van der Waals surface area contributed by atoms with Gasteiger partial charge in [0.2, 0.25) is 0 Å². The van der Waals surface area contributed by atoms with Crippen LogP contribution in [0.15, 0.2) is 18.2 Å². The summed E-state index contributed by atoms with van der Waals surface area (Å²) < 4.78 is 0. The average Bonchev–Trinajstić information content (AvgIpc) is 2.18. The van der Waals surface area contributed by atoms with Gasteiger partial charge in [0.05, 0.1) is 6.42 Å². The fraction of sp³-hybridized carbons (Fsp3) is 0.417. The van der Waals surface area contributed by atoms with E-state index in [0.717, 1.165) is 24.2 Å². The van der Waals surface area contributed by atoms with E-state index in [9.17, 15) is 4.79 Å². The van der Waals surface area contributed by atoms with Gasteiger partial charge in [-0.25, -0.2) is 0 Å². The largest absolute Gasteiger partial charge is 0.481 e. The maximum Gasteiger partial charge on any atom is 0.307 e. The zero-order chi connectivity index (χ0) is 10.8. The topological polar surface area (TPSA) is 49.3 Å². The van der Waals surface area contributed by atoms with Crippen LogP contribution >= 0.6 is 0 Å². The first-order valence-electron chi connectivity index (χ1n) is 5.25. The zero-order valence-corrected chi connectivity index (χ0v) is 8.79. The number of aliphatic carboxylic acids is 1. The lowest BCUT2D eigenvalue weighted by molar-refractivity contribution is -0.136. The Hall–Kier alpha value is -1.51. The van der Waals surface area contributed by atoms with Crippen LogP contribution in [0.4, 0.5) is 5.69 Å². The van der Waals surface area contributed by atoms with E-state index >= 15 is 0 Å². The third kappa shape index (κ3) is 2.12. The number of hydrogen-bond acceptors (Lipinski definition) is 2. The van der Waals surface area contributed by atoms with E-state index in [2.05, 4.69) is 12.2 Å². The number of hydrogen-bond donors (Lipinski definition) is 2. The van der Waals surface area contributed by atoms with Crippen LogP contribution in [0.2, 0.25) is 0 Å². The highest BCUT2D eigenvalue weighted by Gasteiger charge is 2.16. The molecule has 1 aromatic rings. The van der Waals surface area contributed by atoms with Gasteiger partial charge in [-0.2, -0.15) is 0 Å². The summed E-state index contributed by atoms with van der Waals surface area (Å²) in [5.41, 5.74) is 3.29. The number of fused-ring (bicyclic) bond motifs is 1. The summed E-state index contributed by atoms with van der Waals surface area (Å²) in [6.07, 6.45) is 1.23. The quantitative estimate of drug-likeness (QED) is 0.778. The van der Waals surface area contributed by atoms with Crippen molar-refractivity contribution in [1.29, 1.82) is 0 Å². The number of carbonyl (C=O) groups is 1. The van der Waals surface area contributed by atoms with Crippen molar-refractivity contribution in [2.75, 3.05) is 11.9 Å². The van der Waals surface area contributed by atoms with Crippen LogP contribution < -0.4 is 5.32 Å². The first-order chi connectivity index (χ1) is 7.16. The van der Waals surface area contributed by atoms with Gasteiger partial charge >= 0.3 is 5.97 Å². The molecule has 0 fully saturated rings. The highest BCUT2D eigenvalue weighted by Crippen LogP contribution is 2.31. The monoisotopic (exact) mass is 205 g/mol. The predicted molar refractivity (Wildman–Crippen MR) is 59.3 cm³/mol. The van der Waals surface area contributed by atoms with Crippen LogP contribution in [0, 0.1) is 0 Å². The molecule has 3 nitrogen and oxygen atoms in total. The molecule has 2 N–H and O–H groups in total. The van der Waals surface area contributed by atoms with Crippen LogP contribution in [-0.4, -0.2) is 17.6 Å². The van der Waals surface area contributed by atoms with Gasteiger partial charge in [0, 0.05) is 12.2 Å². The second-order valence-corrected chi connectivity index (χ2v) is 4.11. The Morgan fingerprint density at radius 1 is 1.60 bits per heavy atom. The summed E-state index contributed by atoms with van der Waals surface area (Å²) >= 11 is 0. The van der Waals surface area contributed by atoms with Crippen molar-refractivity contribution in [3.05, 3.63) is 29.3 Å². The minimum Gasteiger partial charge on any atom is -0.481 e. The summed E-state index contributed by atoms with van der Waals surface area (Å²) in [6, 6.07) is 5.89. The first kappa shape index (κ1) is 10.0. The summed E-state index contributed by atoms with van der Waals surface area (Å²) in [7, 11) is 0. The number of benzene rings is 1. The van der Waals surface area contributed by atoms with Crippen molar-refractivity contribution >= 4 is 11.7 Å². The Morgan fingerprint density at radius 2 is 2.40 bits per heavy atom. The van der Waals surface area contributed by atoms with Gasteiger partial charge in [-0.1, -0.05) is 19.1 Å². The Balaban J connectivity index is 2.31. The zero-order valence-electron chi connectivity index (χ0n) is 8.79. The molecule has 0 saturated carbocycles. The van der Waals surface area contributed by atoms with Gasteiger partial charge in [-0.15, -0.1) is 0 Å². The molecule has 0 saturated heterocycles. The van der Waals surface area contributed by atoms with E-state index in [0.29, 0.717) is 5.92 Å². The number of carboxylic acids is 1. The molecule has 3 heteroatoms. The van der Waals surface area contributed by atoms with Crippen molar-refractivity contribution in [3.63, 3.8) is 0 Å². The van der Waals surface area contributed by atoms with Crippen molar-refractivity contribution in [2.24, 2.45) is 0 Å². The molecule has 0 bridgehead atoms. The fourth-order valence-electron chi connectivity index (χ4n) is 2.04. The number of anilines is 1. The Bertz CT molecular complexity index is 387. The van der Waals surface area contributed by atoms with Gasteiger partial charge < -0.3 is 10.4 Å². The second kappa shape index (κ2) is 3.93. The van der Waals surface area contributed by atoms with Crippen LogP contribution in [0.3, 0.4) is 0 Å². The standard InChI is InChI=1S/C12H15NO2/c1-8-4-5-13-11-3-2-9(6-10(8)11)7-12(14)15/h2-3,6,8,13H,4-5,7H2,1H3,(H,14,15). The van der Waals surface area contributed by atoms with Crippen molar-refractivity contribution in [2.45, 2.75) is 25.7 Å². The Morgan fingerprint density at radius 3 is 3.13 bits per heavy atom. The normalized spacial score (nSPS) is 19.1. The van der Waals surface area contributed by atoms with E-state index < -0.39 is 5.97 Å². The van der Waals surface area contributed by atoms with Crippen LogP contribution in [-0.2, 0) is 11.2 Å². The minimum atomic E-state index is -0.772. The maximum atomic E-state index is 10.6. The van der Waals surface area contributed by atoms with E-state index in [4.69, 9.17) is 5.11 Å². The molecule has 15 heavy (non-hydrogen) atoms. The molecule has 1 aliphatic heterocycles. The van der Waals surface area contributed by atoms with Gasteiger partial charge in [0.25, 0.3) is 0 Å². The highest BCUT2D eigenvalue weighted by molar-refractivity contribution is 5.71. The van der Waals surface area contributed by atoms with Crippen LogP contribution in [0.1, 0.15) is 30.4 Å². The summed E-state index contributed by atoms with van der Waals surface area (Å²) in [5, 5.41) is 12.0. The highest BCUT2D eigenvalue weighted by atomic mass is 16.4.